The smallest absolute Gasteiger partial charge is 0.0593 e. The molecule has 1 rings (SSSR count). The molecule has 1 fully saturated rings. The van der Waals surface area contributed by atoms with Crippen molar-refractivity contribution in [3.05, 3.63) is 0 Å². The Morgan fingerprint density at radius 2 is 2.11 bits per heavy atom. The number of hydrogen-bond donors (Lipinski definition) is 1. The minimum Gasteiger partial charge on any atom is -0.380 e. The Labute approximate surface area is 113 Å². The predicted molar refractivity (Wildman–Crippen MR) is 78.0 cm³/mol. The van der Waals surface area contributed by atoms with Crippen LogP contribution in [0.25, 0.3) is 0 Å². The molecule has 0 aromatic heterocycles. The normalized spacial score (nSPS) is 21.7. The van der Waals surface area contributed by atoms with Crippen LogP contribution in [0.4, 0.5) is 0 Å². The lowest BCUT2D eigenvalue weighted by Crippen LogP contribution is -2.47. The molecule has 0 radical (unpaired) electrons. The zero-order valence-electron chi connectivity index (χ0n) is 12.6. The molecule has 18 heavy (non-hydrogen) atoms. The second-order valence-corrected chi connectivity index (χ2v) is 5.85. The third-order valence-electron chi connectivity index (χ3n) is 3.55. The van der Waals surface area contributed by atoms with Gasteiger partial charge in [-0.2, -0.15) is 0 Å². The maximum absolute atomic E-state index is 5.61. The molecule has 1 atom stereocenters. The molecule has 0 aliphatic carbocycles. The fraction of sp³-hybridized carbons (Fsp3) is 1.00. The zero-order chi connectivity index (χ0) is 13.2. The molecular weight excluding hydrogens is 224 g/mol. The van der Waals surface area contributed by atoms with Gasteiger partial charge in [0.05, 0.1) is 6.61 Å². The number of nitrogens with zero attached hydrogens (tertiary/aromatic N) is 1. The summed E-state index contributed by atoms with van der Waals surface area (Å²) >= 11 is 0. The van der Waals surface area contributed by atoms with Crippen molar-refractivity contribution in [3.8, 4) is 0 Å². The van der Waals surface area contributed by atoms with E-state index in [1.165, 1.54) is 25.8 Å². The second kappa shape index (κ2) is 9.76. The molecule has 0 aromatic rings. The van der Waals surface area contributed by atoms with Crippen molar-refractivity contribution in [3.63, 3.8) is 0 Å². The minimum absolute atomic E-state index is 0.725. The largest absolute Gasteiger partial charge is 0.380 e. The number of nitrogens with one attached hydrogen (secondary N) is 1. The van der Waals surface area contributed by atoms with Crippen LogP contribution in [0.1, 0.15) is 46.5 Å². The Balaban J connectivity index is 2.19. The Kier molecular flexibility index (Phi) is 8.64. The monoisotopic (exact) mass is 256 g/mol. The van der Waals surface area contributed by atoms with E-state index in [4.69, 9.17) is 4.74 Å². The summed E-state index contributed by atoms with van der Waals surface area (Å²) < 4.78 is 5.61. The van der Waals surface area contributed by atoms with E-state index in [0.29, 0.717) is 0 Å². The molecule has 1 aliphatic heterocycles. The maximum atomic E-state index is 5.61. The highest BCUT2D eigenvalue weighted by atomic mass is 16.5. The Morgan fingerprint density at radius 3 is 2.83 bits per heavy atom. The fourth-order valence-corrected chi connectivity index (χ4v) is 2.55. The lowest BCUT2D eigenvalue weighted by Gasteiger charge is -2.36. The van der Waals surface area contributed by atoms with E-state index < -0.39 is 0 Å². The number of rotatable bonds is 9. The predicted octanol–water partition coefficient (Wildman–Crippen LogP) is 2.51. The van der Waals surface area contributed by atoms with E-state index in [1.54, 1.807) is 0 Å². The van der Waals surface area contributed by atoms with Crippen LogP contribution in [0.15, 0.2) is 0 Å². The summed E-state index contributed by atoms with van der Waals surface area (Å²) in [7, 11) is 0. The van der Waals surface area contributed by atoms with E-state index in [0.717, 1.165) is 51.2 Å². The van der Waals surface area contributed by atoms with Crippen molar-refractivity contribution < 1.29 is 4.74 Å². The SMILES string of the molecule is CCCOCCN1CCCCC1CNCC(C)C. The van der Waals surface area contributed by atoms with Crippen molar-refractivity contribution >= 4 is 0 Å². The van der Waals surface area contributed by atoms with Crippen molar-refractivity contribution in [2.75, 3.05) is 39.4 Å². The zero-order valence-corrected chi connectivity index (χ0v) is 12.6. The fourth-order valence-electron chi connectivity index (χ4n) is 2.55. The molecule has 0 amide bonds. The molecule has 1 heterocycles. The number of piperidine rings is 1. The first kappa shape index (κ1) is 15.9. The van der Waals surface area contributed by atoms with Gasteiger partial charge >= 0.3 is 0 Å². The summed E-state index contributed by atoms with van der Waals surface area (Å²) in [5.41, 5.74) is 0. The minimum atomic E-state index is 0.725. The Bertz CT molecular complexity index is 197. The van der Waals surface area contributed by atoms with Gasteiger partial charge in [0.1, 0.15) is 0 Å². The van der Waals surface area contributed by atoms with Gasteiger partial charge < -0.3 is 10.1 Å². The van der Waals surface area contributed by atoms with Gasteiger partial charge in [0, 0.05) is 25.7 Å². The molecule has 0 aromatic carbocycles. The number of ether oxygens (including phenoxy) is 1. The summed E-state index contributed by atoms with van der Waals surface area (Å²) in [6.07, 6.45) is 5.22. The second-order valence-electron chi connectivity index (χ2n) is 5.85. The highest BCUT2D eigenvalue weighted by molar-refractivity contribution is 4.78. The van der Waals surface area contributed by atoms with Crippen LogP contribution < -0.4 is 5.32 Å². The molecule has 0 bridgehead atoms. The summed E-state index contributed by atoms with van der Waals surface area (Å²) in [6.45, 7) is 13.1. The van der Waals surface area contributed by atoms with Crippen LogP contribution in [-0.4, -0.2) is 50.3 Å². The lowest BCUT2D eigenvalue weighted by atomic mass is 10.0. The topological polar surface area (TPSA) is 24.5 Å². The van der Waals surface area contributed by atoms with Crippen molar-refractivity contribution in [2.24, 2.45) is 5.92 Å². The van der Waals surface area contributed by atoms with Crippen molar-refractivity contribution in [1.29, 1.82) is 0 Å². The van der Waals surface area contributed by atoms with Gasteiger partial charge in [0.2, 0.25) is 0 Å². The average Bonchev–Trinajstić information content (AvgIpc) is 2.36. The van der Waals surface area contributed by atoms with Crippen molar-refractivity contribution in [2.45, 2.75) is 52.5 Å². The van der Waals surface area contributed by atoms with Crippen LogP contribution in [0.3, 0.4) is 0 Å². The molecule has 108 valence electrons. The van der Waals surface area contributed by atoms with Gasteiger partial charge in [-0.1, -0.05) is 27.2 Å². The standard InChI is InChI=1S/C15H32N2O/c1-4-10-18-11-9-17-8-6-5-7-15(17)13-16-12-14(2)3/h14-16H,4-13H2,1-3H3. The van der Waals surface area contributed by atoms with E-state index in [1.807, 2.05) is 0 Å². The molecule has 3 heteroatoms. The first-order valence-corrected chi connectivity index (χ1v) is 7.76. The summed E-state index contributed by atoms with van der Waals surface area (Å²) in [5, 5.41) is 3.60. The van der Waals surface area contributed by atoms with E-state index >= 15 is 0 Å². The first-order chi connectivity index (χ1) is 8.74. The summed E-state index contributed by atoms with van der Waals surface area (Å²) in [6, 6.07) is 0.725. The van der Waals surface area contributed by atoms with Crippen LogP contribution in [0, 0.1) is 5.92 Å². The van der Waals surface area contributed by atoms with Gasteiger partial charge in [-0.15, -0.1) is 0 Å². The molecule has 1 aliphatic rings. The van der Waals surface area contributed by atoms with Gasteiger partial charge in [-0.3, -0.25) is 4.90 Å². The molecular formula is C15H32N2O. The third kappa shape index (κ3) is 6.72. The van der Waals surface area contributed by atoms with Crippen LogP contribution in [-0.2, 0) is 4.74 Å². The quantitative estimate of drug-likeness (QED) is 0.642. The van der Waals surface area contributed by atoms with E-state index in [9.17, 15) is 0 Å². The molecule has 3 nitrogen and oxygen atoms in total. The number of likely N-dealkylation sites (tertiary alicyclic amines) is 1. The third-order valence-corrected chi connectivity index (χ3v) is 3.55. The van der Waals surface area contributed by atoms with Crippen LogP contribution >= 0.6 is 0 Å². The Morgan fingerprint density at radius 1 is 1.28 bits per heavy atom. The molecule has 0 saturated carbocycles. The highest BCUT2D eigenvalue weighted by Crippen LogP contribution is 2.16. The van der Waals surface area contributed by atoms with Gasteiger partial charge in [0.15, 0.2) is 0 Å². The molecule has 1 unspecified atom stereocenters. The summed E-state index contributed by atoms with van der Waals surface area (Å²) in [5.74, 6) is 0.745. The van der Waals surface area contributed by atoms with Crippen LogP contribution in [0.2, 0.25) is 0 Å². The van der Waals surface area contributed by atoms with E-state index in [2.05, 4.69) is 31.0 Å². The van der Waals surface area contributed by atoms with Crippen LogP contribution in [0.5, 0.6) is 0 Å². The van der Waals surface area contributed by atoms with Crippen molar-refractivity contribution in [1.82, 2.24) is 10.2 Å². The average molecular weight is 256 g/mol. The lowest BCUT2D eigenvalue weighted by molar-refractivity contribution is 0.0715. The highest BCUT2D eigenvalue weighted by Gasteiger charge is 2.21. The molecule has 1 saturated heterocycles. The van der Waals surface area contributed by atoms with Gasteiger partial charge in [-0.25, -0.2) is 0 Å². The molecule has 0 spiro atoms. The first-order valence-electron chi connectivity index (χ1n) is 7.76. The van der Waals surface area contributed by atoms with Gasteiger partial charge in [0.25, 0.3) is 0 Å². The summed E-state index contributed by atoms with van der Waals surface area (Å²) in [4.78, 5) is 2.62. The van der Waals surface area contributed by atoms with E-state index in [-0.39, 0.29) is 0 Å². The van der Waals surface area contributed by atoms with Gasteiger partial charge in [-0.05, 0) is 38.3 Å². The number of hydrogen-bond acceptors (Lipinski definition) is 3. The Hall–Kier alpha value is -0.120. The maximum Gasteiger partial charge on any atom is 0.0593 e. The molecule has 1 N–H and O–H groups in total.